The summed E-state index contributed by atoms with van der Waals surface area (Å²) >= 11 is 3.41. The van der Waals surface area contributed by atoms with Gasteiger partial charge in [-0.15, -0.1) is 0 Å². The van der Waals surface area contributed by atoms with E-state index < -0.39 is 5.60 Å². The van der Waals surface area contributed by atoms with Crippen molar-refractivity contribution in [3.05, 3.63) is 34.3 Å². The maximum atomic E-state index is 12.5. The van der Waals surface area contributed by atoms with Gasteiger partial charge < -0.3 is 15.0 Å². The van der Waals surface area contributed by atoms with E-state index in [1.165, 1.54) is 0 Å². The van der Waals surface area contributed by atoms with Crippen molar-refractivity contribution in [2.75, 3.05) is 13.1 Å². The molecule has 1 fully saturated rings. The van der Waals surface area contributed by atoms with Crippen LogP contribution in [0.3, 0.4) is 0 Å². The lowest BCUT2D eigenvalue weighted by molar-refractivity contribution is -0.127. The molecule has 1 atom stereocenters. The molecule has 0 aromatic heterocycles. The average Bonchev–Trinajstić information content (AvgIpc) is 2.54. The van der Waals surface area contributed by atoms with Crippen LogP contribution in [0.4, 0.5) is 4.79 Å². The highest BCUT2D eigenvalue weighted by molar-refractivity contribution is 9.10. The molecule has 2 amide bonds. The number of nitrogens with zero attached hydrogens (tertiary/aromatic N) is 1. The van der Waals surface area contributed by atoms with Gasteiger partial charge in [0.2, 0.25) is 5.91 Å². The highest BCUT2D eigenvalue weighted by Gasteiger charge is 2.30. The third kappa shape index (κ3) is 6.03. The number of ether oxygens (including phenoxy) is 1. The van der Waals surface area contributed by atoms with E-state index in [1.807, 2.05) is 52.0 Å². The minimum Gasteiger partial charge on any atom is -0.444 e. The van der Waals surface area contributed by atoms with Gasteiger partial charge in [-0.25, -0.2) is 4.79 Å². The number of hydrogen-bond acceptors (Lipinski definition) is 3. The molecule has 6 heteroatoms. The Morgan fingerprint density at radius 1 is 1.20 bits per heavy atom. The Morgan fingerprint density at radius 3 is 2.28 bits per heavy atom. The van der Waals surface area contributed by atoms with Gasteiger partial charge in [0.15, 0.2) is 0 Å². The summed E-state index contributed by atoms with van der Waals surface area (Å²) in [5.41, 5.74) is 0.577. The Hall–Kier alpha value is -1.56. The summed E-state index contributed by atoms with van der Waals surface area (Å²) in [6.07, 6.45) is 1.03. The van der Waals surface area contributed by atoms with Crippen LogP contribution in [0.25, 0.3) is 0 Å². The first-order valence-electron chi connectivity index (χ1n) is 8.69. The van der Waals surface area contributed by atoms with Crippen LogP contribution in [0.1, 0.15) is 52.1 Å². The molecule has 5 nitrogen and oxygen atoms in total. The number of rotatable bonds is 3. The number of amides is 2. The van der Waals surface area contributed by atoms with Crippen molar-refractivity contribution in [1.29, 1.82) is 0 Å². The van der Waals surface area contributed by atoms with Gasteiger partial charge >= 0.3 is 6.09 Å². The van der Waals surface area contributed by atoms with Crippen LogP contribution in [0.2, 0.25) is 0 Å². The van der Waals surface area contributed by atoms with Gasteiger partial charge in [-0.3, -0.25) is 4.79 Å². The second-order valence-electron chi connectivity index (χ2n) is 7.52. The molecule has 25 heavy (non-hydrogen) atoms. The highest BCUT2D eigenvalue weighted by Crippen LogP contribution is 2.22. The van der Waals surface area contributed by atoms with Crippen LogP contribution >= 0.6 is 15.9 Å². The summed E-state index contributed by atoms with van der Waals surface area (Å²) in [5, 5.41) is 3.08. The standard InChI is InChI=1S/C19H27BrN2O3/c1-13(14-5-7-16(20)8-6-14)21-17(23)15-9-11-22(12-10-15)18(24)25-19(2,3)4/h5-8,13,15H,9-12H2,1-4H3,(H,21,23)/t13-/m0/s1. The molecular formula is C19H27BrN2O3. The van der Waals surface area contributed by atoms with Crippen molar-refractivity contribution >= 4 is 27.9 Å². The van der Waals surface area contributed by atoms with E-state index in [1.54, 1.807) is 4.90 Å². The van der Waals surface area contributed by atoms with E-state index in [0.717, 1.165) is 10.0 Å². The number of benzene rings is 1. The maximum absolute atomic E-state index is 12.5. The van der Waals surface area contributed by atoms with E-state index in [-0.39, 0.29) is 24.0 Å². The predicted molar refractivity (Wildman–Crippen MR) is 101 cm³/mol. The van der Waals surface area contributed by atoms with Crippen molar-refractivity contribution in [2.24, 2.45) is 5.92 Å². The smallest absolute Gasteiger partial charge is 0.410 e. The predicted octanol–water partition coefficient (Wildman–Crippen LogP) is 4.27. The summed E-state index contributed by atoms with van der Waals surface area (Å²) in [6.45, 7) is 8.66. The average molecular weight is 411 g/mol. The van der Waals surface area contributed by atoms with E-state index in [2.05, 4.69) is 21.2 Å². The molecule has 138 valence electrons. The lowest BCUT2D eigenvalue weighted by atomic mass is 9.95. The number of carbonyl (C=O) groups is 2. The third-order valence-electron chi connectivity index (χ3n) is 4.25. The summed E-state index contributed by atoms with van der Waals surface area (Å²) < 4.78 is 6.41. The van der Waals surface area contributed by atoms with Crippen molar-refractivity contribution < 1.29 is 14.3 Å². The fourth-order valence-corrected chi connectivity index (χ4v) is 3.08. The number of halogens is 1. The van der Waals surface area contributed by atoms with Gasteiger partial charge in [-0.05, 0) is 58.2 Å². The summed E-state index contributed by atoms with van der Waals surface area (Å²) in [7, 11) is 0. The Labute approximate surface area is 158 Å². The molecular weight excluding hydrogens is 384 g/mol. The Balaban J connectivity index is 1.82. The topological polar surface area (TPSA) is 58.6 Å². The first-order chi connectivity index (χ1) is 11.7. The quantitative estimate of drug-likeness (QED) is 0.808. The SMILES string of the molecule is C[C@H](NC(=O)C1CCN(C(=O)OC(C)(C)C)CC1)c1ccc(Br)cc1. The third-order valence-corrected chi connectivity index (χ3v) is 4.77. The first kappa shape index (κ1) is 19.8. The summed E-state index contributed by atoms with van der Waals surface area (Å²) in [4.78, 5) is 26.3. The van der Waals surface area contributed by atoms with E-state index >= 15 is 0 Å². The van der Waals surface area contributed by atoms with Gasteiger partial charge in [-0.1, -0.05) is 28.1 Å². The number of hydrogen-bond donors (Lipinski definition) is 1. The zero-order valence-corrected chi connectivity index (χ0v) is 16.9. The first-order valence-corrected chi connectivity index (χ1v) is 9.49. The van der Waals surface area contributed by atoms with E-state index in [4.69, 9.17) is 4.74 Å². The molecule has 1 aliphatic heterocycles. The molecule has 1 aromatic rings. The number of nitrogens with one attached hydrogen (secondary N) is 1. The van der Waals surface area contributed by atoms with Gasteiger partial charge in [0.05, 0.1) is 6.04 Å². The Bertz CT molecular complexity index is 602. The minimum atomic E-state index is -0.495. The molecule has 1 N–H and O–H groups in total. The molecule has 1 heterocycles. The lowest BCUT2D eigenvalue weighted by Crippen LogP contribution is -2.45. The van der Waals surface area contributed by atoms with E-state index in [9.17, 15) is 9.59 Å². The van der Waals surface area contributed by atoms with Crippen LogP contribution < -0.4 is 5.32 Å². The van der Waals surface area contributed by atoms with Gasteiger partial charge in [-0.2, -0.15) is 0 Å². The van der Waals surface area contributed by atoms with Crippen LogP contribution in [-0.2, 0) is 9.53 Å². The van der Waals surface area contributed by atoms with Crippen molar-refractivity contribution in [3.8, 4) is 0 Å². The van der Waals surface area contributed by atoms with E-state index in [0.29, 0.717) is 25.9 Å². The Morgan fingerprint density at radius 2 is 1.76 bits per heavy atom. The largest absolute Gasteiger partial charge is 0.444 e. The van der Waals surface area contributed by atoms with Gasteiger partial charge in [0.1, 0.15) is 5.60 Å². The molecule has 2 rings (SSSR count). The van der Waals surface area contributed by atoms with Crippen molar-refractivity contribution in [3.63, 3.8) is 0 Å². The molecule has 1 saturated heterocycles. The molecule has 0 saturated carbocycles. The maximum Gasteiger partial charge on any atom is 0.410 e. The normalized spacial score (nSPS) is 17.1. The second kappa shape index (κ2) is 8.21. The monoisotopic (exact) mass is 410 g/mol. The van der Waals surface area contributed by atoms with Crippen molar-refractivity contribution in [1.82, 2.24) is 10.2 Å². The fraction of sp³-hybridized carbons (Fsp3) is 0.579. The highest BCUT2D eigenvalue weighted by atomic mass is 79.9. The van der Waals surface area contributed by atoms with Gasteiger partial charge in [0, 0.05) is 23.5 Å². The minimum absolute atomic E-state index is 0.0375. The molecule has 1 aliphatic rings. The number of carbonyl (C=O) groups excluding carboxylic acids is 2. The molecule has 0 spiro atoms. The second-order valence-corrected chi connectivity index (χ2v) is 8.44. The zero-order valence-electron chi connectivity index (χ0n) is 15.3. The Kier molecular flexibility index (Phi) is 6.49. The number of likely N-dealkylation sites (tertiary alicyclic amines) is 1. The summed E-state index contributed by atoms with van der Waals surface area (Å²) in [6, 6.07) is 7.90. The lowest BCUT2D eigenvalue weighted by Gasteiger charge is -2.33. The van der Waals surface area contributed by atoms with Crippen LogP contribution in [-0.4, -0.2) is 35.6 Å². The van der Waals surface area contributed by atoms with Gasteiger partial charge in [0.25, 0.3) is 0 Å². The molecule has 0 aliphatic carbocycles. The van der Waals surface area contributed by atoms with Crippen molar-refractivity contribution in [2.45, 2.75) is 52.2 Å². The summed E-state index contributed by atoms with van der Waals surface area (Å²) in [5.74, 6) is -0.00385. The van der Waals surface area contributed by atoms with Crippen LogP contribution in [0, 0.1) is 5.92 Å². The number of piperidine rings is 1. The van der Waals surface area contributed by atoms with Crippen LogP contribution in [0.15, 0.2) is 28.7 Å². The zero-order chi connectivity index (χ0) is 18.6. The molecule has 1 aromatic carbocycles. The fourth-order valence-electron chi connectivity index (χ4n) is 2.82. The molecule has 0 unspecified atom stereocenters. The van der Waals surface area contributed by atoms with Crippen LogP contribution in [0.5, 0.6) is 0 Å². The molecule has 0 radical (unpaired) electrons. The molecule has 0 bridgehead atoms.